The van der Waals surface area contributed by atoms with Crippen molar-refractivity contribution >= 4 is 0 Å². The van der Waals surface area contributed by atoms with Gasteiger partial charge in [0.05, 0.1) is 0 Å². The molecule has 0 atom stereocenters. The Labute approximate surface area is 63.6 Å². The van der Waals surface area contributed by atoms with Crippen molar-refractivity contribution in [2.24, 2.45) is 5.92 Å². The monoisotopic (exact) mass is 142 g/mol. The fraction of sp³-hybridized carbons (Fsp3) is 1.00. The molecule has 0 bridgehead atoms. The van der Waals surface area contributed by atoms with Crippen molar-refractivity contribution in [1.29, 1.82) is 0 Å². The van der Waals surface area contributed by atoms with Crippen LogP contribution in [0.15, 0.2) is 0 Å². The standard InChI is InChI=1S/C8H18N2/c1-10(2)5-3-4-8-6-9-7-8/h8-9H,3-7H2,1-2H3. The summed E-state index contributed by atoms with van der Waals surface area (Å²) >= 11 is 0. The lowest BCUT2D eigenvalue weighted by molar-refractivity contribution is 0.297. The number of nitrogens with one attached hydrogen (secondary N) is 1. The van der Waals surface area contributed by atoms with Crippen LogP contribution in [0, 0.1) is 5.92 Å². The molecule has 0 aromatic carbocycles. The van der Waals surface area contributed by atoms with E-state index in [9.17, 15) is 0 Å². The molecule has 60 valence electrons. The molecule has 1 N–H and O–H groups in total. The lowest BCUT2D eigenvalue weighted by atomic mass is 9.97. The molecule has 0 radical (unpaired) electrons. The second-order valence-electron chi connectivity index (χ2n) is 3.47. The molecule has 0 aromatic heterocycles. The summed E-state index contributed by atoms with van der Waals surface area (Å²) in [6.07, 6.45) is 2.77. The Balaban J connectivity index is 1.85. The van der Waals surface area contributed by atoms with Gasteiger partial charge in [-0.05, 0) is 52.5 Å². The van der Waals surface area contributed by atoms with E-state index in [4.69, 9.17) is 0 Å². The van der Waals surface area contributed by atoms with Crippen LogP contribution in [0.3, 0.4) is 0 Å². The van der Waals surface area contributed by atoms with Crippen molar-refractivity contribution < 1.29 is 0 Å². The van der Waals surface area contributed by atoms with Gasteiger partial charge in [0, 0.05) is 0 Å². The van der Waals surface area contributed by atoms with Gasteiger partial charge in [-0.25, -0.2) is 0 Å². The van der Waals surface area contributed by atoms with Crippen LogP contribution in [0.2, 0.25) is 0 Å². The van der Waals surface area contributed by atoms with Crippen molar-refractivity contribution in [1.82, 2.24) is 10.2 Å². The highest BCUT2D eigenvalue weighted by Gasteiger charge is 2.15. The lowest BCUT2D eigenvalue weighted by Gasteiger charge is -2.27. The van der Waals surface area contributed by atoms with E-state index >= 15 is 0 Å². The highest BCUT2D eigenvalue weighted by Crippen LogP contribution is 2.10. The average molecular weight is 142 g/mol. The topological polar surface area (TPSA) is 15.3 Å². The summed E-state index contributed by atoms with van der Waals surface area (Å²) in [7, 11) is 4.28. The molecular formula is C8H18N2. The summed E-state index contributed by atoms with van der Waals surface area (Å²) in [5.74, 6) is 0.986. The maximum atomic E-state index is 3.29. The van der Waals surface area contributed by atoms with E-state index in [1.54, 1.807) is 0 Å². The molecular weight excluding hydrogens is 124 g/mol. The molecule has 2 nitrogen and oxygen atoms in total. The van der Waals surface area contributed by atoms with E-state index in [1.807, 2.05) is 0 Å². The zero-order valence-electron chi connectivity index (χ0n) is 7.06. The Bertz CT molecular complexity index is 87.3. The van der Waals surface area contributed by atoms with Gasteiger partial charge < -0.3 is 10.2 Å². The molecule has 0 saturated carbocycles. The number of rotatable bonds is 4. The molecule has 0 spiro atoms. The summed E-state index contributed by atoms with van der Waals surface area (Å²) in [5.41, 5.74) is 0. The Morgan fingerprint density at radius 3 is 2.50 bits per heavy atom. The van der Waals surface area contributed by atoms with E-state index in [0.717, 1.165) is 5.92 Å². The van der Waals surface area contributed by atoms with Crippen molar-refractivity contribution in [2.75, 3.05) is 33.7 Å². The summed E-state index contributed by atoms with van der Waals surface area (Å²) in [6.45, 7) is 3.76. The normalized spacial score (nSPS) is 19.5. The second kappa shape index (κ2) is 3.94. The first kappa shape index (κ1) is 8.02. The Morgan fingerprint density at radius 2 is 2.10 bits per heavy atom. The van der Waals surface area contributed by atoms with E-state index in [1.165, 1.54) is 32.5 Å². The minimum absolute atomic E-state index is 0.986. The van der Waals surface area contributed by atoms with E-state index in [-0.39, 0.29) is 0 Å². The molecule has 0 aliphatic carbocycles. The largest absolute Gasteiger partial charge is 0.316 e. The molecule has 1 saturated heterocycles. The van der Waals surface area contributed by atoms with Gasteiger partial charge in [-0.1, -0.05) is 0 Å². The Morgan fingerprint density at radius 1 is 1.40 bits per heavy atom. The van der Waals surface area contributed by atoms with Crippen molar-refractivity contribution in [3.63, 3.8) is 0 Å². The van der Waals surface area contributed by atoms with Gasteiger partial charge in [0.1, 0.15) is 0 Å². The maximum absolute atomic E-state index is 3.29. The van der Waals surface area contributed by atoms with Gasteiger partial charge in [-0.3, -0.25) is 0 Å². The Hall–Kier alpha value is -0.0800. The third-order valence-corrected chi connectivity index (χ3v) is 2.08. The fourth-order valence-electron chi connectivity index (χ4n) is 1.25. The van der Waals surface area contributed by atoms with Gasteiger partial charge in [0.2, 0.25) is 0 Å². The molecule has 2 heteroatoms. The summed E-state index contributed by atoms with van der Waals surface area (Å²) in [4.78, 5) is 2.26. The molecule has 0 aromatic rings. The van der Waals surface area contributed by atoms with Gasteiger partial charge in [0.15, 0.2) is 0 Å². The molecule has 1 fully saturated rings. The lowest BCUT2D eigenvalue weighted by Crippen LogP contribution is -2.42. The molecule has 0 amide bonds. The van der Waals surface area contributed by atoms with Crippen LogP contribution in [-0.4, -0.2) is 38.6 Å². The van der Waals surface area contributed by atoms with Crippen LogP contribution < -0.4 is 5.32 Å². The van der Waals surface area contributed by atoms with Gasteiger partial charge in [0.25, 0.3) is 0 Å². The first-order valence-electron chi connectivity index (χ1n) is 4.14. The van der Waals surface area contributed by atoms with Gasteiger partial charge in [-0.2, -0.15) is 0 Å². The van der Waals surface area contributed by atoms with E-state index in [2.05, 4.69) is 24.3 Å². The molecule has 1 aliphatic heterocycles. The second-order valence-corrected chi connectivity index (χ2v) is 3.47. The highest BCUT2D eigenvalue weighted by molar-refractivity contribution is 4.74. The maximum Gasteiger partial charge on any atom is -0.000825 e. The van der Waals surface area contributed by atoms with Crippen LogP contribution in [0.4, 0.5) is 0 Å². The van der Waals surface area contributed by atoms with Crippen LogP contribution in [-0.2, 0) is 0 Å². The van der Waals surface area contributed by atoms with Crippen LogP contribution in [0.25, 0.3) is 0 Å². The molecule has 1 rings (SSSR count). The SMILES string of the molecule is CN(C)CCCC1CNC1. The van der Waals surface area contributed by atoms with Crippen molar-refractivity contribution in [3.05, 3.63) is 0 Å². The molecule has 1 heterocycles. The van der Waals surface area contributed by atoms with E-state index < -0.39 is 0 Å². The third kappa shape index (κ3) is 2.67. The first-order chi connectivity index (χ1) is 4.79. The summed E-state index contributed by atoms with van der Waals surface area (Å²) in [5, 5.41) is 3.29. The predicted molar refractivity (Wildman–Crippen MR) is 44.1 cm³/mol. The van der Waals surface area contributed by atoms with Gasteiger partial charge in [-0.15, -0.1) is 0 Å². The highest BCUT2D eigenvalue weighted by atomic mass is 15.0. The fourth-order valence-corrected chi connectivity index (χ4v) is 1.25. The summed E-state index contributed by atoms with van der Waals surface area (Å²) in [6, 6.07) is 0. The number of nitrogens with zero attached hydrogens (tertiary/aromatic N) is 1. The van der Waals surface area contributed by atoms with Crippen LogP contribution in [0.5, 0.6) is 0 Å². The zero-order chi connectivity index (χ0) is 7.40. The Kier molecular flexibility index (Phi) is 3.16. The molecule has 0 unspecified atom stereocenters. The summed E-state index contributed by atoms with van der Waals surface area (Å²) < 4.78 is 0. The van der Waals surface area contributed by atoms with E-state index in [0.29, 0.717) is 0 Å². The molecule has 1 aliphatic rings. The smallest absolute Gasteiger partial charge is 0.000825 e. The number of hydrogen-bond donors (Lipinski definition) is 1. The first-order valence-corrected chi connectivity index (χ1v) is 4.14. The van der Waals surface area contributed by atoms with Crippen LogP contribution in [0.1, 0.15) is 12.8 Å². The zero-order valence-corrected chi connectivity index (χ0v) is 7.06. The third-order valence-electron chi connectivity index (χ3n) is 2.08. The van der Waals surface area contributed by atoms with Crippen LogP contribution >= 0.6 is 0 Å². The van der Waals surface area contributed by atoms with Crippen molar-refractivity contribution in [3.8, 4) is 0 Å². The number of hydrogen-bond acceptors (Lipinski definition) is 2. The predicted octanol–water partition coefficient (Wildman–Crippen LogP) is 0.548. The molecule has 10 heavy (non-hydrogen) atoms. The minimum atomic E-state index is 0.986. The van der Waals surface area contributed by atoms with Crippen molar-refractivity contribution in [2.45, 2.75) is 12.8 Å². The van der Waals surface area contributed by atoms with Gasteiger partial charge >= 0.3 is 0 Å². The average Bonchev–Trinajstić information content (AvgIpc) is 1.75. The quantitative estimate of drug-likeness (QED) is 0.616. The minimum Gasteiger partial charge on any atom is -0.316 e.